The first-order chi connectivity index (χ1) is 34.0. The second kappa shape index (κ2) is 24.2. The lowest BCUT2D eigenvalue weighted by Crippen LogP contribution is -2.74. The van der Waals surface area contributed by atoms with E-state index in [1.165, 1.54) is 26.0 Å². The van der Waals surface area contributed by atoms with Crippen LogP contribution in [0.1, 0.15) is 108 Å². The van der Waals surface area contributed by atoms with Crippen LogP contribution in [0, 0.1) is 23.7 Å². The molecule has 0 radical (unpaired) electrons. The number of esters is 1. The Morgan fingerprint density at radius 1 is 0.931 bits per heavy atom. The topological polar surface area (TPSA) is 208 Å². The molecule has 5 N–H and O–H groups in total. The number of hydrogen-bond acceptors (Lipinski definition) is 16. The van der Waals surface area contributed by atoms with E-state index in [9.17, 15) is 24.9 Å². The number of carbonyl (C=O) groups excluding carboxylic acids is 2. The SMILES string of the molecule is CCCN1CC2[C@H](C)O[C@@H](O[C@H]3[C@H](C)[C@@H](O[C@@H]4O[C@H](C)CC[C@H]4Oc4cc(OC)c(OC)cc4NC(=O)N(C)c4ccccc4)[C@](C)(O)C[C@@H](C)CN[C@H](C)[C@@H](O)[C@](C)(O)[C@@H](CC)OC(=O)[C@@H]3C)C[C@@]21OC. The summed E-state index contributed by atoms with van der Waals surface area (Å²) in [5, 5.41) is 42.9. The number of carbonyl (C=O) groups is 2. The van der Waals surface area contributed by atoms with Crippen molar-refractivity contribution in [3.8, 4) is 17.2 Å². The molecule has 17 atom stereocenters. The number of methoxy groups -OCH3 is 3. The third-order valence-electron chi connectivity index (χ3n) is 15.7. The average molecular weight is 1020 g/mol. The summed E-state index contributed by atoms with van der Waals surface area (Å²) in [5.41, 5.74) is -3.11. The third-order valence-corrected chi connectivity index (χ3v) is 15.7. The number of aliphatic hydroxyl groups excluding tert-OH is 1. The van der Waals surface area contributed by atoms with Crippen LogP contribution in [-0.2, 0) is 33.2 Å². The number of anilines is 2. The molecule has 4 saturated heterocycles. The van der Waals surface area contributed by atoms with Gasteiger partial charge in [-0.3, -0.25) is 14.6 Å². The largest absolute Gasteiger partial charge is 0.493 e. The van der Waals surface area contributed by atoms with Gasteiger partial charge in [0.25, 0.3) is 0 Å². The van der Waals surface area contributed by atoms with Gasteiger partial charge in [0.05, 0.1) is 55.8 Å². The van der Waals surface area contributed by atoms with E-state index in [0.29, 0.717) is 48.7 Å². The van der Waals surface area contributed by atoms with Crippen molar-refractivity contribution in [1.82, 2.24) is 10.2 Å². The fourth-order valence-corrected chi connectivity index (χ4v) is 11.5. The Labute approximate surface area is 427 Å². The van der Waals surface area contributed by atoms with Crippen molar-refractivity contribution < 1.29 is 67.5 Å². The van der Waals surface area contributed by atoms with Gasteiger partial charge in [-0.1, -0.05) is 45.9 Å². The van der Waals surface area contributed by atoms with Crippen LogP contribution in [0.15, 0.2) is 42.5 Å². The maximum Gasteiger partial charge on any atom is 0.326 e. The molecule has 0 aliphatic carbocycles. The summed E-state index contributed by atoms with van der Waals surface area (Å²) < 4.78 is 58.3. The summed E-state index contributed by atoms with van der Waals surface area (Å²) in [6, 6.07) is 11.5. The highest BCUT2D eigenvalue weighted by molar-refractivity contribution is 6.02. The number of amides is 2. The molecule has 72 heavy (non-hydrogen) atoms. The van der Waals surface area contributed by atoms with Crippen molar-refractivity contribution in [2.24, 2.45) is 23.7 Å². The molecular formula is C54H86N4O14. The number of fused-ring (bicyclic) bond motifs is 1. The number of urea groups is 1. The molecule has 0 bridgehead atoms. The van der Waals surface area contributed by atoms with Crippen molar-refractivity contribution in [3.05, 3.63) is 42.5 Å². The summed E-state index contributed by atoms with van der Waals surface area (Å²) in [6.45, 7) is 20.4. The normalized spacial score (nSPS) is 38.2. The van der Waals surface area contributed by atoms with Gasteiger partial charge in [-0.15, -0.1) is 0 Å². The van der Waals surface area contributed by atoms with Gasteiger partial charge in [-0.05, 0) is 98.2 Å². The Kier molecular flexibility index (Phi) is 19.3. The lowest BCUT2D eigenvalue weighted by molar-refractivity contribution is -0.363. The van der Waals surface area contributed by atoms with E-state index < -0.39 is 89.9 Å². The number of para-hydroxylation sites is 1. The first kappa shape index (κ1) is 57.5. The van der Waals surface area contributed by atoms with Crippen LogP contribution in [0.2, 0.25) is 0 Å². The van der Waals surface area contributed by atoms with Crippen LogP contribution in [0.3, 0.4) is 0 Å². The number of nitrogens with one attached hydrogen (secondary N) is 2. The highest BCUT2D eigenvalue weighted by Gasteiger charge is 2.61. The molecule has 4 aliphatic rings. The van der Waals surface area contributed by atoms with E-state index in [4.69, 9.17) is 42.6 Å². The van der Waals surface area contributed by atoms with Gasteiger partial charge >= 0.3 is 12.0 Å². The number of hydrogen-bond donors (Lipinski definition) is 5. The number of rotatable bonds is 14. The number of cyclic esters (lactones) is 1. The quantitative estimate of drug-likeness (QED) is 0.125. The Morgan fingerprint density at radius 3 is 2.25 bits per heavy atom. The smallest absolute Gasteiger partial charge is 0.326 e. The van der Waals surface area contributed by atoms with Gasteiger partial charge in [0, 0.05) is 69.4 Å². The number of benzene rings is 2. The lowest BCUT2D eigenvalue weighted by Gasteiger charge is -2.63. The molecule has 18 heteroatoms. The van der Waals surface area contributed by atoms with Gasteiger partial charge in [-0.2, -0.15) is 0 Å². The van der Waals surface area contributed by atoms with Crippen molar-refractivity contribution in [1.29, 1.82) is 0 Å². The molecule has 0 spiro atoms. The molecule has 4 heterocycles. The predicted octanol–water partition coefficient (Wildman–Crippen LogP) is 6.71. The van der Waals surface area contributed by atoms with Crippen LogP contribution in [0.5, 0.6) is 17.2 Å². The molecule has 2 aromatic rings. The van der Waals surface area contributed by atoms with E-state index in [1.54, 1.807) is 54.0 Å². The lowest BCUT2D eigenvalue weighted by atomic mass is 9.75. The molecule has 406 valence electrons. The predicted molar refractivity (Wildman–Crippen MR) is 272 cm³/mol. The van der Waals surface area contributed by atoms with Crippen molar-refractivity contribution in [2.45, 2.75) is 186 Å². The highest BCUT2D eigenvalue weighted by Crippen LogP contribution is 2.49. The summed E-state index contributed by atoms with van der Waals surface area (Å²) >= 11 is 0. The fraction of sp³-hybridized carbons (Fsp3) is 0.741. The minimum Gasteiger partial charge on any atom is -0.493 e. The Bertz CT molecular complexity index is 2080. The maximum atomic E-state index is 14.7. The second-order valence-electron chi connectivity index (χ2n) is 21.3. The Morgan fingerprint density at radius 2 is 1.61 bits per heavy atom. The number of aliphatic hydroxyl groups is 3. The van der Waals surface area contributed by atoms with Gasteiger partial charge in [0.1, 0.15) is 35.4 Å². The molecule has 0 aromatic heterocycles. The fourth-order valence-electron chi connectivity index (χ4n) is 11.5. The van der Waals surface area contributed by atoms with Crippen LogP contribution in [0.25, 0.3) is 0 Å². The number of nitrogens with zero attached hydrogens (tertiary/aromatic N) is 2. The first-order valence-corrected chi connectivity index (χ1v) is 26.1. The van der Waals surface area contributed by atoms with E-state index in [0.717, 1.165) is 19.5 Å². The number of ether oxygens (including phenoxy) is 9. The third kappa shape index (κ3) is 12.5. The van der Waals surface area contributed by atoms with Crippen molar-refractivity contribution in [2.75, 3.05) is 58.2 Å². The van der Waals surface area contributed by atoms with E-state index >= 15 is 0 Å². The zero-order valence-corrected chi connectivity index (χ0v) is 45.2. The second-order valence-corrected chi connectivity index (χ2v) is 21.3. The summed E-state index contributed by atoms with van der Waals surface area (Å²) in [7, 11) is 6.40. The van der Waals surface area contributed by atoms with Crippen LogP contribution < -0.4 is 29.7 Å². The minimum absolute atomic E-state index is 0.0987. The van der Waals surface area contributed by atoms with Crippen molar-refractivity contribution in [3.63, 3.8) is 0 Å². The van der Waals surface area contributed by atoms with E-state index in [1.807, 2.05) is 58.0 Å². The van der Waals surface area contributed by atoms with Gasteiger partial charge in [0.2, 0.25) is 0 Å². The summed E-state index contributed by atoms with van der Waals surface area (Å²) in [4.78, 5) is 32.3. The molecule has 18 nitrogen and oxygen atoms in total. The zero-order chi connectivity index (χ0) is 52.9. The monoisotopic (exact) mass is 1010 g/mol. The summed E-state index contributed by atoms with van der Waals surface area (Å²) in [6.07, 6.45) is -4.99. The summed E-state index contributed by atoms with van der Waals surface area (Å²) in [5.74, 6) is -1.57. The molecule has 6 rings (SSSR count). The first-order valence-electron chi connectivity index (χ1n) is 26.1. The van der Waals surface area contributed by atoms with Gasteiger partial charge < -0.3 is 68.6 Å². The molecule has 2 amide bonds. The Hall–Kier alpha value is -3.82. The van der Waals surface area contributed by atoms with Crippen molar-refractivity contribution >= 4 is 23.4 Å². The molecule has 2 aromatic carbocycles. The molecule has 4 fully saturated rings. The van der Waals surface area contributed by atoms with Gasteiger partial charge in [0.15, 0.2) is 24.1 Å². The molecule has 0 saturated carbocycles. The minimum atomic E-state index is -1.83. The Balaban J connectivity index is 1.41. The van der Waals surface area contributed by atoms with Crippen LogP contribution >= 0.6 is 0 Å². The average Bonchev–Trinajstić information content (AvgIpc) is 3.35. The van der Waals surface area contributed by atoms with Crippen LogP contribution in [0.4, 0.5) is 16.2 Å². The van der Waals surface area contributed by atoms with E-state index in [-0.39, 0.29) is 42.6 Å². The maximum absolute atomic E-state index is 14.7. The molecule has 4 aliphatic heterocycles. The van der Waals surface area contributed by atoms with Gasteiger partial charge in [-0.25, -0.2) is 4.79 Å². The molecular weight excluding hydrogens is 929 g/mol. The highest BCUT2D eigenvalue weighted by atomic mass is 16.7. The van der Waals surface area contributed by atoms with E-state index in [2.05, 4.69) is 22.5 Å². The standard InChI is InChI=1S/C54H86N4O14/c1-15-24-58-30-38-36(8)68-45(28-54(38,58)66-14)71-46-33(5)48(52(9,62)27-31(3)29-55-35(7)47(59)53(10,63)44(16-2)70-49(60)34(46)6)72-50-40(23-22-32(4)67-50)69-41-26-43(65-13)42(64-12)25-39(41)56-51(61)57(11)37-20-18-17-19-21-37/h17-21,25-26,31-36,38,40,44-48,50,55,59,62-63H,15-16,22-24,27-30H2,1-14H3,(H,56,61)/t31-,32-,33+,34-,35-,36+,38?,40-,44-,45+,46+,47-,48-,50+,52-,53-,54-/m1/s1. The molecule has 1 unspecified atom stereocenters. The number of likely N-dealkylation sites (tertiary alicyclic amines) is 1. The zero-order valence-electron chi connectivity index (χ0n) is 45.2. The van der Waals surface area contributed by atoms with Crippen LogP contribution in [-0.4, -0.2) is 159 Å².